The van der Waals surface area contributed by atoms with Crippen LogP contribution in [-0.2, 0) is 0 Å². The summed E-state index contributed by atoms with van der Waals surface area (Å²) in [6.45, 7) is 2.06. The van der Waals surface area contributed by atoms with Gasteiger partial charge in [0.25, 0.3) is 0 Å². The van der Waals surface area contributed by atoms with E-state index in [4.69, 9.17) is 0 Å². The van der Waals surface area contributed by atoms with Gasteiger partial charge in [-0.05, 0) is 19.1 Å². The van der Waals surface area contributed by atoms with Crippen LogP contribution in [0.2, 0.25) is 0 Å². The second kappa shape index (κ2) is 6.50. The zero-order valence-corrected chi connectivity index (χ0v) is 13.0. The van der Waals surface area contributed by atoms with Gasteiger partial charge in [-0.1, -0.05) is 60.2 Å². The molecule has 0 atom stereocenters. The number of carbonyl (C=O) groups is 1. The lowest BCUT2D eigenvalue weighted by Crippen LogP contribution is -1.92. The maximum absolute atomic E-state index is 12.0. The molecular weight excluding hydrogens is 290 g/mol. The summed E-state index contributed by atoms with van der Waals surface area (Å²) in [5.74, 6) is -0.00881. The molecule has 0 unspecified atom stereocenters. The molecule has 22 heavy (non-hydrogen) atoms. The first-order valence-electron chi connectivity index (χ1n) is 7.02. The molecule has 0 aliphatic heterocycles. The lowest BCUT2D eigenvalue weighted by Gasteiger charge is -1.96. The van der Waals surface area contributed by atoms with Crippen LogP contribution in [0, 0.1) is 6.92 Å². The van der Waals surface area contributed by atoms with E-state index in [0.29, 0.717) is 5.56 Å². The molecule has 2 nitrogen and oxygen atoms in total. The zero-order valence-electron chi connectivity index (χ0n) is 12.2. The minimum absolute atomic E-state index is 0.00881. The SMILES string of the molecule is Cc1ccc(-c2nc(C=CC(=O)c3ccccc3)cs2)cc1. The summed E-state index contributed by atoms with van der Waals surface area (Å²) in [5.41, 5.74) is 3.83. The number of aromatic nitrogens is 1. The summed E-state index contributed by atoms with van der Waals surface area (Å²) in [4.78, 5) is 16.6. The molecule has 1 heterocycles. The lowest BCUT2D eigenvalue weighted by molar-refractivity contribution is 0.104. The maximum atomic E-state index is 12.0. The van der Waals surface area contributed by atoms with Crippen LogP contribution >= 0.6 is 11.3 Å². The number of hydrogen-bond acceptors (Lipinski definition) is 3. The van der Waals surface area contributed by atoms with Gasteiger partial charge in [-0.3, -0.25) is 4.79 Å². The van der Waals surface area contributed by atoms with Crippen molar-refractivity contribution >= 4 is 23.2 Å². The van der Waals surface area contributed by atoms with Gasteiger partial charge in [0.15, 0.2) is 5.78 Å². The molecule has 0 N–H and O–H groups in total. The van der Waals surface area contributed by atoms with Gasteiger partial charge in [-0.25, -0.2) is 4.98 Å². The second-order valence-electron chi connectivity index (χ2n) is 5.01. The molecule has 3 rings (SSSR count). The largest absolute Gasteiger partial charge is 0.289 e. The minimum atomic E-state index is -0.00881. The molecule has 0 saturated carbocycles. The molecule has 2 aromatic carbocycles. The van der Waals surface area contributed by atoms with Crippen LogP contribution < -0.4 is 0 Å². The Kier molecular flexibility index (Phi) is 4.26. The van der Waals surface area contributed by atoms with Crippen molar-refractivity contribution in [3.8, 4) is 10.6 Å². The first-order valence-corrected chi connectivity index (χ1v) is 7.90. The number of hydrogen-bond donors (Lipinski definition) is 0. The van der Waals surface area contributed by atoms with Crippen molar-refractivity contribution in [3.63, 3.8) is 0 Å². The highest BCUT2D eigenvalue weighted by atomic mass is 32.1. The number of thiazole rings is 1. The Morgan fingerprint density at radius 1 is 1.05 bits per heavy atom. The van der Waals surface area contributed by atoms with Crippen LogP contribution in [0.1, 0.15) is 21.6 Å². The van der Waals surface area contributed by atoms with Gasteiger partial charge < -0.3 is 0 Å². The Morgan fingerprint density at radius 3 is 2.50 bits per heavy atom. The highest BCUT2D eigenvalue weighted by molar-refractivity contribution is 7.13. The van der Waals surface area contributed by atoms with Gasteiger partial charge in [0.2, 0.25) is 0 Å². The number of aryl methyl sites for hydroxylation is 1. The molecule has 3 heteroatoms. The quantitative estimate of drug-likeness (QED) is 0.500. The van der Waals surface area contributed by atoms with Crippen molar-refractivity contribution in [1.82, 2.24) is 4.98 Å². The summed E-state index contributed by atoms with van der Waals surface area (Å²) in [5, 5.41) is 2.93. The molecule has 0 radical (unpaired) electrons. The van der Waals surface area contributed by atoms with Gasteiger partial charge in [0, 0.05) is 16.5 Å². The van der Waals surface area contributed by atoms with Crippen LogP contribution in [-0.4, -0.2) is 10.8 Å². The van der Waals surface area contributed by atoms with Gasteiger partial charge in [0.05, 0.1) is 5.69 Å². The number of benzene rings is 2. The van der Waals surface area contributed by atoms with E-state index in [1.807, 2.05) is 35.7 Å². The van der Waals surface area contributed by atoms with Crippen molar-refractivity contribution in [2.24, 2.45) is 0 Å². The number of rotatable bonds is 4. The van der Waals surface area contributed by atoms with Crippen LogP contribution in [0.4, 0.5) is 0 Å². The molecule has 3 aromatic rings. The molecule has 1 aromatic heterocycles. The number of ketones is 1. The Balaban J connectivity index is 1.75. The van der Waals surface area contributed by atoms with E-state index in [0.717, 1.165) is 16.3 Å². The lowest BCUT2D eigenvalue weighted by atomic mass is 10.1. The Morgan fingerprint density at radius 2 is 1.77 bits per heavy atom. The molecule has 0 aliphatic carbocycles. The highest BCUT2D eigenvalue weighted by Crippen LogP contribution is 2.24. The van der Waals surface area contributed by atoms with E-state index in [2.05, 4.69) is 36.2 Å². The fourth-order valence-electron chi connectivity index (χ4n) is 2.05. The van der Waals surface area contributed by atoms with E-state index < -0.39 is 0 Å². The van der Waals surface area contributed by atoms with Crippen LogP contribution in [0.3, 0.4) is 0 Å². The van der Waals surface area contributed by atoms with E-state index in [-0.39, 0.29) is 5.78 Å². The van der Waals surface area contributed by atoms with Crippen LogP contribution in [0.5, 0.6) is 0 Å². The summed E-state index contributed by atoms with van der Waals surface area (Å²) in [6.07, 6.45) is 3.34. The first kappa shape index (κ1) is 14.4. The van der Waals surface area contributed by atoms with Gasteiger partial charge in [0.1, 0.15) is 5.01 Å². The third kappa shape index (κ3) is 3.38. The van der Waals surface area contributed by atoms with Crippen molar-refractivity contribution in [3.05, 3.63) is 82.9 Å². The summed E-state index contributed by atoms with van der Waals surface area (Å²) >= 11 is 1.58. The standard InChI is InChI=1S/C19H15NOS/c1-14-7-9-16(10-8-14)19-20-17(13-22-19)11-12-18(21)15-5-3-2-4-6-15/h2-13H,1H3. The minimum Gasteiger partial charge on any atom is -0.289 e. The van der Waals surface area contributed by atoms with E-state index in [1.165, 1.54) is 5.56 Å². The van der Waals surface area contributed by atoms with Gasteiger partial charge in [-0.2, -0.15) is 0 Å². The summed E-state index contributed by atoms with van der Waals surface area (Å²) in [6, 6.07) is 17.5. The van der Waals surface area contributed by atoms with Crippen molar-refractivity contribution in [1.29, 1.82) is 0 Å². The molecule has 0 bridgehead atoms. The average Bonchev–Trinajstić information content (AvgIpc) is 3.03. The number of allylic oxidation sites excluding steroid dienone is 1. The van der Waals surface area contributed by atoms with E-state index in [9.17, 15) is 4.79 Å². The number of carbonyl (C=O) groups excluding carboxylic acids is 1. The number of nitrogens with zero attached hydrogens (tertiary/aromatic N) is 1. The molecule has 0 fully saturated rings. The second-order valence-corrected chi connectivity index (χ2v) is 5.87. The van der Waals surface area contributed by atoms with E-state index in [1.54, 1.807) is 23.5 Å². The van der Waals surface area contributed by atoms with Crippen molar-refractivity contribution in [2.45, 2.75) is 6.92 Å². The smallest absolute Gasteiger partial charge is 0.185 e. The monoisotopic (exact) mass is 305 g/mol. The maximum Gasteiger partial charge on any atom is 0.185 e. The molecule has 0 amide bonds. The predicted octanol–water partition coefficient (Wildman–Crippen LogP) is 5.01. The third-order valence-electron chi connectivity index (χ3n) is 3.28. The summed E-state index contributed by atoms with van der Waals surface area (Å²) in [7, 11) is 0. The predicted molar refractivity (Wildman–Crippen MR) is 92.1 cm³/mol. The zero-order chi connectivity index (χ0) is 15.4. The van der Waals surface area contributed by atoms with E-state index >= 15 is 0 Å². The van der Waals surface area contributed by atoms with Gasteiger partial charge in [-0.15, -0.1) is 11.3 Å². The Hall–Kier alpha value is -2.52. The van der Waals surface area contributed by atoms with Crippen LogP contribution in [0.15, 0.2) is 66.1 Å². The molecule has 0 saturated heterocycles. The molecular formula is C19H15NOS. The topological polar surface area (TPSA) is 30.0 Å². The van der Waals surface area contributed by atoms with Crippen LogP contribution in [0.25, 0.3) is 16.6 Å². The van der Waals surface area contributed by atoms with Gasteiger partial charge >= 0.3 is 0 Å². The Bertz CT molecular complexity index is 801. The molecule has 0 spiro atoms. The first-order chi connectivity index (χ1) is 10.7. The Labute approximate surface area is 133 Å². The normalized spacial score (nSPS) is 11.0. The fourth-order valence-corrected chi connectivity index (χ4v) is 2.85. The van der Waals surface area contributed by atoms with Crippen molar-refractivity contribution in [2.75, 3.05) is 0 Å². The molecule has 108 valence electrons. The third-order valence-corrected chi connectivity index (χ3v) is 4.19. The van der Waals surface area contributed by atoms with Crippen molar-refractivity contribution < 1.29 is 4.79 Å². The summed E-state index contributed by atoms with van der Waals surface area (Å²) < 4.78 is 0. The average molecular weight is 305 g/mol. The fraction of sp³-hybridized carbons (Fsp3) is 0.0526. The molecule has 0 aliphatic rings. The highest BCUT2D eigenvalue weighted by Gasteiger charge is 2.04.